The topological polar surface area (TPSA) is 51.6 Å². The molecule has 3 heterocycles. The second-order valence-corrected chi connectivity index (χ2v) is 14.4. The standard InChI is InChI=1S/C50H32N4S/c1-5-15-33(16-6-1)34-25-29-39(30-26-34)49-52-48(38-21-11-4-12-22-38)53-50(54-49)40-31-27-37(28-32-40)46-43(35-17-7-2-8-18-35)44-45(36-19-9-3-10-20-36)51-42-24-14-13-23-41(42)47(44)55-46/h1-32H. The van der Waals surface area contributed by atoms with E-state index >= 15 is 0 Å². The van der Waals surface area contributed by atoms with Crippen LogP contribution in [-0.2, 0) is 0 Å². The third-order valence-electron chi connectivity index (χ3n) is 9.96. The van der Waals surface area contributed by atoms with Crippen molar-refractivity contribution < 1.29 is 0 Å². The Bertz CT molecular complexity index is 2930. The van der Waals surface area contributed by atoms with E-state index in [1.165, 1.54) is 26.1 Å². The average molecular weight is 721 g/mol. The molecule has 0 radical (unpaired) electrons. The Hall–Kier alpha value is -7.08. The minimum atomic E-state index is 0.628. The molecule has 0 amide bonds. The molecule has 258 valence electrons. The molecular weight excluding hydrogens is 689 g/mol. The molecule has 4 nitrogen and oxygen atoms in total. The largest absolute Gasteiger partial charge is 0.247 e. The molecule has 0 bridgehead atoms. The van der Waals surface area contributed by atoms with Crippen molar-refractivity contribution in [1.82, 2.24) is 19.9 Å². The summed E-state index contributed by atoms with van der Waals surface area (Å²) in [6.45, 7) is 0. The fourth-order valence-electron chi connectivity index (χ4n) is 7.24. The number of thiophene rings is 1. The molecular formula is C50H32N4S. The SMILES string of the molecule is c1ccc(-c2ccc(-c3nc(-c4ccccc4)nc(-c4ccc(-c5sc6c(c(-c7ccccc7)nc7ccccc76)c5-c5ccccc5)cc4)n3)cc2)cc1. The lowest BCUT2D eigenvalue weighted by atomic mass is 9.95. The van der Waals surface area contributed by atoms with Crippen molar-refractivity contribution in [1.29, 1.82) is 0 Å². The van der Waals surface area contributed by atoms with Crippen LogP contribution in [0.25, 0.3) is 99.1 Å². The Morgan fingerprint density at radius 3 is 1.27 bits per heavy atom. The van der Waals surface area contributed by atoms with E-state index in [0.29, 0.717) is 17.5 Å². The molecule has 0 saturated carbocycles. The van der Waals surface area contributed by atoms with E-state index in [0.717, 1.165) is 55.5 Å². The summed E-state index contributed by atoms with van der Waals surface area (Å²) in [6, 6.07) is 67.3. The Morgan fingerprint density at radius 1 is 0.309 bits per heavy atom. The maximum Gasteiger partial charge on any atom is 0.164 e. The first kappa shape index (κ1) is 32.6. The number of benzene rings is 7. The fourth-order valence-corrected chi connectivity index (χ4v) is 8.60. The van der Waals surface area contributed by atoms with Gasteiger partial charge < -0.3 is 0 Å². The lowest BCUT2D eigenvalue weighted by molar-refractivity contribution is 1.07. The summed E-state index contributed by atoms with van der Waals surface area (Å²) in [5.74, 6) is 1.90. The quantitative estimate of drug-likeness (QED) is 0.164. The highest BCUT2D eigenvalue weighted by atomic mass is 32.1. The molecule has 10 aromatic rings. The first-order valence-corrected chi connectivity index (χ1v) is 19.1. The van der Waals surface area contributed by atoms with E-state index in [4.69, 9.17) is 19.9 Å². The van der Waals surface area contributed by atoms with Crippen LogP contribution >= 0.6 is 11.3 Å². The summed E-state index contributed by atoms with van der Waals surface area (Å²) >= 11 is 1.83. The second kappa shape index (κ2) is 14.0. The number of para-hydroxylation sites is 1. The number of pyridine rings is 1. The van der Waals surface area contributed by atoms with Gasteiger partial charge in [0.15, 0.2) is 17.5 Å². The first-order valence-electron chi connectivity index (χ1n) is 18.3. The van der Waals surface area contributed by atoms with Crippen molar-refractivity contribution in [3.8, 4) is 78.1 Å². The Kier molecular flexibility index (Phi) is 8.32. The van der Waals surface area contributed by atoms with Gasteiger partial charge >= 0.3 is 0 Å². The molecule has 0 saturated heterocycles. The number of hydrogen-bond donors (Lipinski definition) is 0. The van der Waals surface area contributed by atoms with Crippen LogP contribution in [-0.4, -0.2) is 19.9 Å². The molecule has 0 unspecified atom stereocenters. The first-order chi connectivity index (χ1) is 27.3. The van der Waals surface area contributed by atoms with Crippen molar-refractivity contribution in [3.05, 3.63) is 194 Å². The van der Waals surface area contributed by atoms with Gasteiger partial charge in [0.25, 0.3) is 0 Å². The molecule has 0 aliphatic carbocycles. The third kappa shape index (κ3) is 6.17. The maximum absolute atomic E-state index is 5.29. The van der Waals surface area contributed by atoms with E-state index < -0.39 is 0 Å². The highest BCUT2D eigenvalue weighted by molar-refractivity contribution is 7.24. The van der Waals surface area contributed by atoms with Crippen LogP contribution in [0.2, 0.25) is 0 Å². The minimum Gasteiger partial charge on any atom is -0.247 e. The summed E-state index contributed by atoms with van der Waals surface area (Å²) < 4.78 is 1.23. The summed E-state index contributed by atoms with van der Waals surface area (Å²) in [5, 5.41) is 2.33. The molecule has 5 heteroatoms. The summed E-state index contributed by atoms with van der Waals surface area (Å²) in [7, 11) is 0. The summed E-state index contributed by atoms with van der Waals surface area (Å²) in [5.41, 5.74) is 11.7. The molecule has 0 spiro atoms. The highest BCUT2D eigenvalue weighted by Crippen LogP contribution is 2.50. The van der Waals surface area contributed by atoms with E-state index in [2.05, 4.69) is 158 Å². The lowest BCUT2D eigenvalue weighted by Crippen LogP contribution is -2.00. The van der Waals surface area contributed by atoms with Crippen LogP contribution in [0, 0.1) is 0 Å². The Morgan fingerprint density at radius 2 is 0.709 bits per heavy atom. The molecule has 7 aromatic carbocycles. The maximum atomic E-state index is 5.29. The average Bonchev–Trinajstić information content (AvgIpc) is 3.68. The van der Waals surface area contributed by atoms with Crippen LogP contribution in [0.4, 0.5) is 0 Å². The molecule has 10 rings (SSSR count). The van der Waals surface area contributed by atoms with Gasteiger partial charge in [-0.2, -0.15) is 0 Å². The van der Waals surface area contributed by atoms with Crippen LogP contribution in [0.1, 0.15) is 0 Å². The van der Waals surface area contributed by atoms with Gasteiger partial charge in [-0.1, -0.05) is 188 Å². The van der Waals surface area contributed by atoms with Gasteiger partial charge in [-0.05, 0) is 28.3 Å². The number of aromatic nitrogens is 4. The zero-order valence-electron chi connectivity index (χ0n) is 29.7. The lowest BCUT2D eigenvalue weighted by Gasteiger charge is -2.11. The fraction of sp³-hybridized carbons (Fsp3) is 0. The van der Waals surface area contributed by atoms with Gasteiger partial charge in [0.05, 0.1) is 11.2 Å². The Labute approximate surface area is 323 Å². The van der Waals surface area contributed by atoms with Crippen molar-refractivity contribution in [2.24, 2.45) is 0 Å². The van der Waals surface area contributed by atoms with Gasteiger partial charge in [0.1, 0.15) is 0 Å². The van der Waals surface area contributed by atoms with Crippen LogP contribution < -0.4 is 0 Å². The van der Waals surface area contributed by atoms with E-state index in [-0.39, 0.29) is 0 Å². The number of fused-ring (bicyclic) bond motifs is 3. The predicted molar refractivity (Wildman–Crippen MR) is 229 cm³/mol. The molecule has 0 fully saturated rings. The van der Waals surface area contributed by atoms with E-state index in [1.807, 2.05) is 47.7 Å². The monoisotopic (exact) mass is 720 g/mol. The summed E-state index contributed by atoms with van der Waals surface area (Å²) in [4.78, 5) is 21.5. The van der Waals surface area contributed by atoms with Crippen molar-refractivity contribution in [3.63, 3.8) is 0 Å². The van der Waals surface area contributed by atoms with Crippen LogP contribution in [0.5, 0.6) is 0 Å². The van der Waals surface area contributed by atoms with Gasteiger partial charge in [-0.25, -0.2) is 19.9 Å². The van der Waals surface area contributed by atoms with E-state index in [9.17, 15) is 0 Å². The zero-order valence-corrected chi connectivity index (χ0v) is 30.5. The highest BCUT2D eigenvalue weighted by Gasteiger charge is 2.23. The number of nitrogens with zero attached hydrogens (tertiary/aromatic N) is 4. The summed E-state index contributed by atoms with van der Waals surface area (Å²) in [6.07, 6.45) is 0. The zero-order chi connectivity index (χ0) is 36.6. The Balaban J connectivity index is 1.12. The number of rotatable bonds is 7. The minimum absolute atomic E-state index is 0.628. The van der Waals surface area contributed by atoms with Crippen LogP contribution in [0.3, 0.4) is 0 Å². The van der Waals surface area contributed by atoms with Gasteiger partial charge in [-0.3, -0.25) is 0 Å². The number of hydrogen-bond acceptors (Lipinski definition) is 5. The van der Waals surface area contributed by atoms with Crippen LogP contribution in [0.15, 0.2) is 194 Å². The second-order valence-electron chi connectivity index (χ2n) is 13.4. The van der Waals surface area contributed by atoms with Gasteiger partial charge in [0, 0.05) is 48.2 Å². The van der Waals surface area contributed by atoms with E-state index in [1.54, 1.807) is 0 Å². The molecule has 0 atom stereocenters. The van der Waals surface area contributed by atoms with Gasteiger partial charge in [0.2, 0.25) is 0 Å². The predicted octanol–water partition coefficient (Wildman–Crippen LogP) is 13.3. The van der Waals surface area contributed by atoms with Crippen molar-refractivity contribution in [2.75, 3.05) is 0 Å². The molecule has 0 N–H and O–H groups in total. The molecule has 55 heavy (non-hydrogen) atoms. The van der Waals surface area contributed by atoms with Crippen molar-refractivity contribution >= 4 is 32.3 Å². The van der Waals surface area contributed by atoms with Gasteiger partial charge in [-0.15, -0.1) is 11.3 Å². The third-order valence-corrected chi connectivity index (χ3v) is 11.2. The molecule has 3 aromatic heterocycles. The molecule has 0 aliphatic rings. The molecule has 0 aliphatic heterocycles. The van der Waals surface area contributed by atoms with Crippen molar-refractivity contribution in [2.45, 2.75) is 0 Å². The smallest absolute Gasteiger partial charge is 0.164 e. The normalized spacial score (nSPS) is 11.3.